The highest BCUT2D eigenvalue weighted by Gasteiger charge is 2.18. The Labute approximate surface area is 229 Å². The van der Waals surface area contributed by atoms with Crippen LogP contribution in [0.4, 0.5) is 4.39 Å². The van der Waals surface area contributed by atoms with Gasteiger partial charge in [0.15, 0.2) is 0 Å². The molecule has 0 spiro atoms. The van der Waals surface area contributed by atoms with Gasteiger partial charge in [-0.3, -0.25) is 9.18 Å². The third-order valence-corrected chi connectivity index (χ3v) is 6.38. The molecular formula is C28H34ClFN2O5S. The molecule has 3 aromatic rings. The molecular weight excluding hydrogens is 531 g/mol. The quantitative estimate of drug-likeness (QED) is 0.265. The average molecular weight is 565 g/mol. The van der Waals surface area contributed by atoms with E-state index in [4.69, 9.17) is 4.74 Å². The van der Waals surface area contributed by atoms with Crippen molar-refractivity contribution in [1.29, 1.82) is 0 Å². The predicted octanol–water partition coefficient (Wildman–Crippen LogP) is 4.46. The first kappa shape index (κ1) is 31.2. The molecule has 10 heteroatoms. The molecule has 0 aliphatic rings. The van der Waals surface area contributed by atoms with Crippen LogP contribution in [-0.4, -0.2) is 51.6 Å². The number of halogens is 2. The Balaban J connectivity index is 0.00000507. The van der Waals surface area contributed by atoms with Crippen LogP contribution in [0.25, 0.3) is 11.1 Å². The van der Waals surface area contributed by atoms with E-state index in [0.29, 0.717) is 6.54 Å². The molecule has 0 saturated carbocycles. The summed E-state index contributed by atoms with van der Waals surface area (Å²) in [5, 5.41) is 13.9. The van der Waals surface area contributed by atoms with Gasteiger partial charge in [-0.1, -0.05) is 60.7 Å². The van der Waals surface area contributed by atoms with Crippen LogP contribution in [0, 0.1) is 0 Å². The SMILES string of the molecule is C[C@H](NCCc1ccc(-c2ccc(C(=O)NS(C)(=O)=O)c(OCCCF)c2)cc1)[C@H](O)c1ccccc1.Cl. The number of aliphatic hydroxyl groups excluding tert-OH is 1. The second-order valence-electron chi connectivity index (χ2n) is 8.85. The van der Waals surface area contributed by atoms with Crippen LogP contribution in [0.15, 0.2) is 72.8 Å². The number of rotatable bonds is 13. The standard InChI is InChI=1S/C28H33FN2O5S.ClH/c1-20(27(32)23-7-4-3-5-8-23)30-17-15-21-9-11-22(12-10-21)24-13-14-25(28(33)31-37(2,34)35)26(19-24)36-18-6-16-29;/h3-5,7-14,19-20,27,30,32H,6,15-18H2,1-2H3,(H,31,33);1H/t20-,27-;/m0./s1. The Morgan fingerprint density at radius 1 is 1.03 bits per heavy atom. The lowest BCUT2D eigenvalue weighted by Gasteiger charge is -2.20. The summed E-state index contributed by atoms with van der Waals surface area (Å²) >= 11 is 0. The summed E-state index contributed by atoms with van der Waals surface area (Å²) in [4.78, 5) is 12.4. The minimum absolute atomic E-state index is 0. The maximum Gasteiger partial charge on any atom is 0.268 e. The number of sulfonamides is 1. The van der Waals surface area contributed by atoms with Crippen LogP contribution in [0.1, 0.15) is 40.9 Å². The maximum absolute atomic E-state index is 12.6. The van der Waals surface area contributed by atoms with Crippen LogP contribution < -0.4 is 14.8 Å². The largest absolute Gasteiger partial charge is 0.493 e. The molecule has 206 valence electrons. The second-order valence-corrected chi connectivity index (χ2v) is 10.6. The molecule has 3 aromatic carbocycles. The molecule has 0 heterocycles. The summed E-state index contributed by atoms with van der Waals surface area (Å²) in [6.07, 6.45) is 1.23. The van der Waals surface area contributed by atoms with E-state index in [2.05, 4.69) is 5.32 Å². The lowest BCUT2D eigenvalue weighted by molar-refractivity contribution is 0.0977. The highest BCUT2D eigenvalue weighted by Crippen LogP contribution is 2.28. The lowest BCUT2D eigenvalue weighted by atomic mass is 10.0. The number of hydrogen-bond donors (Lipinski definition) is 3. The zero-order valence-electron chi connectivity index (χ0n) is 21.4. The Kier molecular flexibility index (Phi) is 12.2. The molecule has 3 N–H and O–H groups in total. The zero-order chi connectivity index (χ0) is 26.8. The zero-order valence-corrected chi connectivity index (χ0v) is 23.0. The molecule has 0 bridgehead atoms. The number of carbonyl (C=O) groups is 1. The molecule has 0 radical (unpaired) electrons. The molecule has 0 aromatic heterocycles. The number of aliphatic hydroxyl groups is 1. The molecule has 0 unspecified atom stereocenters. The van der Waals surface area contributed by atoms with Gasteiger partial charge in [0, 0.05) is 12.5 Å². The summed E-state index contributed by atoms with van der Waals surface area (Å²) in [6, 6.07) is 22.2. The molecule has 38 heavy (non-hydrogen) atoms. The number of hydrogen-bond acceptors (Lipinski definition) is 6. The van der Waals surface area contributed by atoms with Crippen molar-refractivity contribution < 1.29 is 27.4 Å². The summed E-state index contributed by atoms with van der Waals surface area (Å²) in [6.45, 7) is 2.14. The van der Waals surface area contributed by atoms with Crippen LogP contribution in [0.2, 0.25) is 0 Å². The van der Waals surface area contributed by atoms with Crippen LogP contribution in [0.5, 0.6) is 5.75 Å². The Morgan fingerprint density at radius 2 is 1.68 bits per heavy atom. The van der Waals surface area contributed by atoms with Gasteiger partial charge in [0.05, 0.1) is 31.2 Å². The molecule has 3 rings (SSSR count). The fraction of sp³-hybridized carbons (Fsp3) is 0.321. The fourth-order valence-electron chi connectivity index (χ4n) is 3.83. The number of nitrogens with one attached hydrogen (secondary N) is 2. The molecule has 0 aliphatic carbocycles. The fourth-order valence-corrected chi connectivity index (χ4v) is 4.27. The molecule has 2 atom stereocenters. The van der Waals surface area contributed by atoms with E-state index in [1.807, 2.05) is 66.2 Å². The first-order chi connectivity index (χ1) is 17.7. The first-order valence-corrected chi connectivity index (χ1v) is 14.0. The Morgan fingerprint density at radius 3 is 2.32 bits per heavy atom. The van der Waals surface area contributed by atoms with Crippen molar-refractivity contribution in [2.45, 2.75) is 31.9 Å². The smallest absolute Gasteiger partial charge is 0.268 e. The monoisotopic (exact) mass is 564 g/mol. The van der Waals surface area contributed by atoms with Crippen molar-refractivity contribution in [3.05, 3.63) is 89.5 Å². The topological polar surface area (TPSA) is 105 Å². The molecule has 0 fully saturated rings. The number of alkyl halides is 1. The lowest BCUT2D eigenvalue weighted by Crippen LogP contribution is -2.33. The molecule has 1 amide bonds. The summed E-state index contributed by atoms with van der Waals surface area (Å²) < 4.78 is 43.0. The minimum atomic E-state index is -3.75. The Hall–Kier alpha value is -2.98. The van der Waals surface area contributed by atoms with Crippen molar-refractivity contribution in [1.82, 2.24) is 10.0 Å². The minimum Gasteiger partial charge on any atom is -0.493 e. The van der Waals surface area contributed by atoms with Crippen molar-refractivity contribution in [2.24, 2.45) is 0 Å². The maximum atomic E-state index is 12.6. The van der Waals surface area contributed by atoms with Gasteiger partial charge in [0.25, 0.3) is 5.91 Å². The average Bonchev–Trinajstić information content (AvgIpc) is 2.88. The molecule has 7 nitrogen and oxygen atoms in total. The van der Waals surface area contributed by atoms with E-state index >= 15 is 0 Å². The predicted molar refractivity (Wildman–Crippen MR) is 150 cm³/mol. The normalized spacial score (nSPS) is 12.7. The summed E-state index contributed by atoms with van der Waals surface area (Å²) in [5.41, 5.74) is 3.70. The highest BCUT2D eigenvalue weighted by atomic mass is 35.5. The Bertz CT molecular complexity index is 1270. The van der Waals surface area contributed by atoms with E-state index in [0.717, 1.165) is 34.9 Å². The molecule has 0 saturated heterocycles. The number of carbonyl (C=O) groups excluding carboxylic acids is 1. The second kappa shape index (κ2) is 14.8. The van der Waals surface area contributed by atoms with Gasteiger partial charge in [-0.15, -0.1) is 12.4 Å². The van der Waals surface area contributed by atoms with E-state index in [1.54, 1.807) is 12.1 Å². The van der Waals surface area contributed by atoms with Gasteiger partial charge in [-0.25, -0.2) is 13.1 Å². The number of ether oxygens (including phenoxy) is 1. The van der Waals surface area contributed by atoms with Crippen LogP contribution >= 0.6 is 12.4 Å². The van der Waals surface area contributed by atoms with Crippen LogP contribution in [0.3, 0.4) is 0 Å². The first-order valence-electron chi connectivity index (χ1n) is 12.1. The van der Waals surface area contributed by atoms with Crippen molar-refractivity contribution in [3.63, 3.8) is 0 Å². The van der Waals surface area contributed by atoms with Gasteiger partial charge in [-0.2, -0.15) is 0 Å². The van der Waals surface area contributed by atoms with E-state index in [1.165, 1.54) is 6.07 Å². The van der Waals surface area contributed by atoms with Gasteiger partial charge < -0.3 is 15.2 Å². The van der Waals surface area contributed by atoms with Gasteiger partial charge >= 0.3 is 0 Å². The van der Waals surface area contributed by atoms with Gasteiger partial charge in [-0.05, 0) is 54.3 Å². The van der Waals surface area contributed by atoms with Gasteiger partial charge in [0.1, 0.15) is 5.75 Å². The highest BCUT2D eigenvalue weighted by molar-refractivity contribution is 7.89. The van der Waals surface area contributed by atoms with E-state index in [9.17, 15) is 22.7 Å². The van der Waals surface area contributed by atoms with Crippen molar-refractivity contribution in [2.75, 3.05) is 26.1 Å². The third-order valence-electron chi connectivity index (χ3n) is 5.82. The number of amides is 1. The summed E-state index contributed by atoms with van der Waals surface area (Å²) in [5.74, 6) is -0.620. The molecule has 0 aliphatic heterocycles. The van der Waals surface area contributed by atoms with Crippen molar-refractivity contribution in [3.8, 4) is 16.9 Å². The van der Waals surface area contributed by atoms with E-state index in [-0.39, 0.29) is 42.8 Å². The van der Waals surface area contributed by atoms with E-state index < -0.39 is 28.7 Å². The van der Waals surface area contributed by atoms with Crippen molar-refractivity contribution >= 4 is 28.3 Å². The third kappa shape index (κ3) is 9.40. The van der Waals surface area contributed by atoms with Gasteiger partial charge in [0.2, 0.25) is 10.0 Å². The van der Waals surface area contributed by atoms with Crippen LogP contribution in [-0.2, 0) is 16.4 Å². The summed E-state index contributed by atoms with van der Waals surface area (Å²) in [7, 11) is -3.75. The number of benzene rings is 3.